The number of ether oxygens (including phenoxy) is 1. The van der Waals surface area contributed by atoms with Crippen LogP contribution in [-0.4, -0.2) is 52.6 Å². The number of nitrogens with one attached hydrogen (secondary N) is 1. The van der Waals surface area contributed by atoms with Gasteiger partial charge in [0.2, 0.25) is 5.95 Å². The number of piperidine rings is 1. The van der Waals surface area contributed by atoms with E-state index in [1.165, 1.54) is 5.56 Å². The summed E-state index contributed by atoms with van der Waals surface area (Å²) in [6.07, 6.45) is 6.55. The van der Waals surface area contributed by atoms with Crippen molar-refractivity contribution in [2.45, 2.75) is 45.3 Å². The summed E-state index contributed by atoms with van der Waals surface area (Å²) in [5.41, 5.74) is 3.06. The van der Waals surface area contributed by atoms with E-state index in [1.54, 1.807) is 12.4 Å². The zero-order valence-electron chi connectivity index (χ0n) is 16.6. The minimum Gasteiger partial charge on any atom is -0.376 e. The summed E-state index contributed by atoms with van der Waals surface area (Å²) in [5.74, 6) is 1.26. The van der Waals surface area contributed by atoms with Crippen LogP contribution in [0.2, 0.25) is 0 Å². The first-order valence-corrected chi connectivity index (χ1v) is 10.1. The van der Waals surface area contributed by atoms with E-state index < -0.39 is 0 Å². The number of carbonyl (C=O) groups is 1. The maximum atomic E-state index is 12.9. The highest BCUT2D eigenvalue weighted by Gasteiger charge is 2.37. The van der Waals surface area contributed by atoms with E-state index in [2.05, 4.69) is 28.3 Å². The SMILES string of the molecule is Cc1ccc(C(=O)N2CCC([C@@H]3OCC[C@H]3Nc3ncccn3)CC2)c(C)c1. The van der Waals surface area contributed by atoms with Crippen LogP contribution in [0.3, 0.4) is 0 Å². The van der Waals surface area contributed by atoms with Gasteiger partial charge in [0.05, 0.1) is 12.1 Å². The zero-order valence-corrected chi connectivity index (χ0v) is 16.6. The number of aryl methyl sites for hydroxylation is 2. The van der Waals surface area contributed by atoms with Crippen molar-refractivity contribution in [1.29, 1.82) is 0 Å². The van der Waals surface area contributed by atoms with Gasteiger partial charge in [-0.2, -0.15) is 0 Å². The molecule has 2 aliphatic heterocycles. The van der Waals surface area contributed by atoms with Gasteiger partial charge in [0, 0.05) is 37.7 Å². The normalized spacial score (nSPS) is 23.0. The fraction of sp³-hybridized carbons (Fsp3) is 0.500. The van der Waals surface area contributed by atoms with Crippen LogP contribution >= 0.6 is 0 Å². The van der Waals surface area contributed by atoms with Crippen LogP contribution in [0, 0.1) is 19.8 Å². The summed E-state index contributed by atoms with van der Waals surface area (Å²) in [7, 11) is 0. The van der Waals surface area contributed by atoms with Crippen molar-refractivity contribution in [1.82, 2.24) is 14.9 Å². The lowest BCUT2D eigenvalue weighted by molar-refractivity contribution is 0.0260. The molecular weight excluding hydrogens is 352 g/mol. The second kappa shape index (κ2) is 8.27. The van der Waals surface area contributed by atoms with Gasteiger partial charge < -0.3 is 15.0 Å². The van der Waals surface area contributed by atoms with Crippen molar-refractivity contribution in [2.75, 3.05) is 25.0 Å². The summed E-state index contributed by atoms with van der Waals surface area (Å²) >= 11 is 0. The minimum atomic E-state index is 0.149. The molecule has 4 rings (SSSR count). The van der Waals surface area contributed by atoms with Crippen molar-refractivity contribution >= 4 is 11.9 Å². The number of aromatic nitrogens is 2. The van der Waals surface area contributed by atoms with Crippen molar-refractivity contribution in [3.63, 3.8) is 0 Å². The number of hydrogen-bond acceptors (Lipinski definition) is 5. The standard InChI is InChI=1S/C22H28N4O2/c1-15-4-5-18(16(2)14-15)21(27)26-11-6-17(7-12-26)20-19(8-13-28-20)25-22-23-9-3-10-24-22/h3-5,9-10,14,17,19-20H,6-8,11-13H2,1-2H3,(H,23,24,25)/t19-,20+/m1/s1. The molecule has 6 heteroatoms. The molecule has 0 radical (unpaired) electrons. The smallest absolute Gasteiger partial charge is 0.254 e. The largest absolute Gasteiger partial charge is 0.376 e. The first kappa shape index (κ1) is 18.9. The Labute approximate surface area is 166 Å². The van der Waals surface area contributed by atoms with Crippen LogP contribution in [0.15, 0.2) is 36.7 Å². The third-order valence-corrected chi connectivity index (χ3v) is 5.92. The van der Waals surface area contributed by atoms with Gasteiger partial charge in [-0.05, 0) is 56.7 Å². The molecule has 1 amide bonds. The van der Waals surface area contributed by atoms with Crippen molar-refractivity contribution < 1.29 is 9.53 Å². The molecule has 28 heavy (non-hydrogen) atoms. The van der Waals surface area contributed by atoms with E-state index in [-0.39, 0.29) is 18.1 Å². The molecule has 148 valence electrons. The molecule has 2 atom stereocenters. The summed E-state index contributed by atoms with van der Waals surface area (Å²) in [6, 6.07) is 8.10. The molecule has 1 aromatic heterocycles. The molecule has 0 saturated carbocycles. The molecule has 0 bridgehead atoms. The molecule has 1 N–H and O–H groups in total. The van der Waals surface area contributed by atoms with Gasteiger partial charge in [0.15, 0.2) is 0 Å². The number of rotatable bonds is 4. The third kappa shape index (κ3) is 4.02. The first-order chi connectivity index (χ1) is 13.6. The average Bonchev–Trinajstić information content (AvgIpc) is 3.16. The molecule has 2 aliphatic rings. The Bertz CT molecular complexity index is 819. The Balaban J connectivity index is 1.36. The van der Waals surface area contributed by atoms with Gasteiger partial charge in [-0.25, -0.2) is 9.97 Å². The molecule has 2 saturated heterocycles. The Morgan fingerprint density at radius 2 is 1.89 bits per heavy atom. The van der Waals surface area contributed by atoms with Crippen LogP contribution in [-0.2, 0) is 4.74 Å². The van der Waals surface area contributed by atoms with Gasteiger partial charge in [-0.1, -0.05) is 17.7 Å². The van der Waals surface area contributed by atoms with Crippen LogP contribution in [0.1, 0.15) is 40.7 Å². The van der Waals surface area contributed by atoms with Crippen molar-refractivity contribution in [2.24, 2.45) is 5.92 Å². The molecule has 0 aliphatic carbocycles. The highest BCUT2D eigenvalue weighted by molar-refractivity contribution is 5.95. The quantitative estimate of drug-likeness (QED) is 0.882. The summed E-state index contributed by atoms with van der Waals surface area (Å²) < 4.78 is 6.07. The predicted molar refractivity (Wildman–Crippen MR) is 108 cm³/mol. The van der Waals surface area contributed by atoms with Crippen LogP contribution in [0.25, 0.3) is 0 Å². The number of likely N-dealkylation sites (tertiary alicyclic amines) is 1. The maximum absolute atomic E-state index is 12.9. The topological polar surface area (TPSA) is 67.3 Å². The second-order valence-electron chi connectivity index (χ2n) is 7.90. The Kier molecular flexibility index (Phi) is 5.57. The lowest BCUT2D eigenvalue weighted by atomic mass is 9.87. The lowest BCUT2D eigenvalue weighted by Gasteiger charge is -2.36. The van der Waals surface area contributed by atoms with E-state index in [4.69, 9.17) is 4.74 Å². The molecule has 3 heterocycles. The monoisotopic (exact) mass is 380 g/mol. The van der Waals surface area contributed by atoms with E-state index in [0.29, 0.717) is 11.9 Å². The third-order valence-electron chi connectivity index (χ3n) is 5.92. The fourth-order valence-corrected chi connectivity index (χ4v) is 4.42. The van der Waals surface area contributed by atoms with Gasteiger partial charge in [0.25, 0.3) is 5.91 Å². The van der Waals surface area contributed by atoms with E-state index >= 15 is 0 Å². The average molecular weight is 380 g/mol. The molecule has 2 aromatic rings. The molecule has 1 aromatic carbocycles. The summed E-state index contributed by atoms with van der Waals surface area (Å²) in [4.78, 5) is 23.5. The number of benzene rings is 1. The van der Waals surface area contributed by atoms with Gasteiger partial charge >= 0.3 is 0 Å². The predicted octanol–water partition coefficient (Wildman–Crippen LogP) is 3.22. The van der Waals surface area contributed by atoms with Crippen molar-refractivity contribution in [3.8, 4) is 0 Å². The second-order valence-corrected chi connectivity index (χ2v) is 7.90. The molecule has 0 spiro atoms. The van der Waals surface area contributed by atoms with E-state index in [1.807, 2.05) is 30.0 Å². The summed E-state index contributed by atoms with van der Waals surface area (Å²) in [6.45, 7) is 6.40. The molecule has 0 unspecified atom stereocenters. The summed E-state index contributed by atoms with van der Waals surface area (Å²) in [5, 5.41) is 3.43. The Morgan fingerprint density at radius 3 is 2.61 bits per heavy atom. The highest BCUT2D eigenvalue weighted by atomic mass is 16.5. The minimum absolute atomic E-state index is 0.149. The van der Waals surface area contributed by atoms with Crippen LogP contribution < -0.4 is 5.32 Å². The molecule has 6 nitrogen and oxygen atoms in total. The fourth-order valence-electron chi connectivity index (χ4n) is 4.42. The number of amides is 1. The van der Waals surface area contributed by atoms with Gasteiger partial charge in [0.1, 0.15) is 0 Å². The highest BCUT2D eigenvalue weighted by Crippen LogP contribution is 2.31. The van der Waals surface area contributed by atoms with E-state index in [9.17, 15) is 4.79 Å². The van der Waals surface area contributed by atoms with Crippen LogP contribution in [0.4, 0.5) is 5.95 Å². The number of hydrogen-bond donors (Lipinski definition) is 1. The lowest BCUT2D eigenvalue weighted by Crippen LogP contribution is -2.45. The van der Waals surface area contributed by atoms with E-state index in [0.717, 1.165) is 50.1 Å². The number of carbonyl (C=O) groups excluding carboxylic acids is 1. The zero-order chi connectivity index (χ0) is 19.5. The molecule has 2 fully saturated rings. The maximum Gasteiger partial charge on any atom is 0.254 e. The molecular formula is C22H28N4O2. The van der Waals surface area contributed by atoms with Gasteiger partial charge in [-0.15, -0.1) is 0 Å². The Hall–Kier alpha value is -2.47. The van der Waals surface area contributed by atoms with Crippen LogP contribution in [0.5, 0.6) is 0 Å². The van der Waals surface area contributed by atoms with Gasteiger partial charge in [-0.3, -0.25) is 4.79 Å². The number of nitrogens with zero attached hydrogens (tertiary/aromatic N) is 3. The van der Waals surface area contributed by atoms with Crippen molar-refractivity contribution in [3.05, 3.63) is 53.3 Å². The number of anilines is 1. The Morgan fingerprint density at radius 1 is 1.14 bits per heavy atom. The first-order valence-electron chi connectivity index (χ1n) is 10.1.